The van der Waals surface area contributed by atoms with Crippen LogP contribution >= 0.6 is 0 Å². The highest BCUT2D eigenvalue weighted by atomic mass is 16.1. The lowest BCUT2D eigenvalue weighted by Crippen LogP contribution is -2.24. The van der Waals surface area contributed by atoms with Gasteiger partial charge in [-0.1, -0.05) is 13.3 Å². The van der Waals surface area contributed by atoms with Gasteiger partial charge in [0.2, 0.25) is 0 Å². The SMILES string of the molecule is C#CC(=O)N[C@@H]1C[C@H]1CC. The maximum Gasteiger partial charge on any atom is 0.295 e. The summed E-state index contributed by atoms with van der Waals surface area (Å²) in [6.07, 6.45) is 7.11. The third kappa shape index (κ3) is 1.51. The Hall–Kier alpha value is -0.970. The Morgan fingerprint density at radius 3 is 3.00 bits per heavy atom. The zero-order valence-electron chi connectivity index (χ0n) is 6.05. The molecule has 0 aromatic rings. The summed E-state index contributed by atoms with van der Waals surface area (Å²) in [4.78, 5) is 10.6. The molecule has 1 aliphatic carbocycles. The van der Waals surface area contributed by atoms with Crippen LogP contribution in [0.1, 0.15) is 19.8 Å². The zero-order valence-corrected chi connectivity index (χ0v) is 6.05. The second-order valence-corrected chi connectivity index (χ2v) is 2.63. The Bertz CT molecular complexity index is 180. The molecule has 10 heavy (non-hydrogen) atoms. The fourth-order valence-electron chi connectivity index (χ4n) is 1.09. The average Bonchev–Trinajstić information content (AvgIpc) is 2.67. The standard InChI is InChI=1S/C8H11NO/c1-3-6-5-7(6)9-8(10)4-2/h2,6-7H,3,5H2,1H3,(H,9,10)/t6-,7-/m1/s1. The molecule has 0 unspecified atom stereocenters. The number of nitrogens with one attached hydrogen (secondary N) is 1. The van der Waals surface area contributed by atoms with Crippen molar-refractivity contribution in [3.05, 3.63) is 0 Å². The van der Waals surface area contributed by atoms with Crippen LogP contribution in [-0.4, -0.2) is 11.9 Å². The summed E-state index contributed by atoms with van der Waals surface area (Å²) >= 11 is 0. The lowest BCUT2D eigenvalue weighted by Gasteiger charge is -1.95. The van der Waals surface area contributed by atoms with Gasteiger partial charge < -0.3 is 5.32 Å². The second-order valence-electron chi connectivity index (χ2n) is 2.63. The highest BCUT2D eigenvalue weighted by molar-refractivity contribution is 5.93. The van der Waals surface area contributed by atoms with E-state index in [-0.39, 0.29) is 5.91 Å². The van der Waals surface area contributed by atoms with Crippen LogP contribution in [0.3, 0.4) is 0 Å². The van der Waals surface area contributed by atoms with Crippen LogP contribution in [-0.2, 0) is 4.79 Å². The van der Waals surface area contributed by atoms with E-state index in [2.05, 4.69) is 12.2 Å². The van der Waals surface area contributed by atoms with Crippen molar-refractivity contribution >= 4 is 5.91 Å². The van der Waals surface area contributed by atoms with Crippen molar-refractivity contribution < 1.29 is 4.79 Å². The van der Waals surface area contributed by atoms with E-state index in [9.17, 15) is 4.79 Å². The van der Waals surface area contributed by atoms with E-state index in [1.807, 2.05) is 5.92 Å². The van der Waals surface area contributed by atoms with Gasteiger partial charge in [-0.2, -0.15) is 0 Å². The molecule has 0 spiro atoms. The molecule has 1 N–H and O–H groups in total. The second kappa shape index (κ2) is 2.74. The van der Waals surface area contributed by atoms with Crippen molar-refractivity contribution in [2.75, 3.05) is 0 Å². The Balaban J connectivity index is 2.19. The first kappa shape index (κ1) is 7.14. The Morgan fingerprint density at radius 1 is 1.90 bits per heavy atom. The fraction of sp³-hybridized carbons (Fsp3) is 0.625. The summed E-state index contributed by atoms with van der Waals surface area (Å²) in [5, 5.41) is 2.73. The van der Waals surface area contributed by atoms with Gasteiger partial charge in [-0.05, 0) is 18.3 Å². The molecule has 1 amide bonds. The minimum Gasteiger partial charge on any atom is -0.342 e. The number of terminal acetylenes is 1. The minimum atomic E-state index is -0.277. The van der Waals surface area contributed by atoms with Gasteiger partial charge in [0, 0.05) is 6.04 Å². The third-order valence-electron chi connectivity index (χ3n) is 1.89. The van der Waals surface area contributed by atoms with Gasteiger partial charge in [-0.15, -0.1) is 6.42 Å². The van der Waals surface area contributed by atoms with Gasteiger partial charge in [-0.3, -0.25) is 4.79 Å². The molecule has 0 heterocycles. The van der Waals surface area contributed by atoms with Crippen LogP contribution in [0.2, 0.25) is 0 Å². The lowest BCUT2D eigenvalue weighted by molar-refractivity contribution is -0.115. The van der Waals surface area contributed by atoms with E-state index in [1.54, 1.807) is 0 Å². The number of carbonyl (C=O) groups excluding carboxylic acids is 1. The predicted octanol–water partition coefficient (Wildman–Crippen LogP) is 0.534. The highest BCUT2D eigenvalue weighted by Crippen LogP contribution is 2.32. The Labute approximate surface area is 61.0 Å². The number of hydrogen-bond donors (Lipinski definition) is 1. The molecule has 0 aliphatic heterocycles. The number of carbonyl (C=O) groups is 1. The molecule has 1 saturated carbocycles. The largest absolute Gasteiger partial charge is 0.342 e. The molecule has 0 saturated heterocycles. The van der Waals surface area contributed by atoms with Gasteiger partial charge in [-0.25, -0.2) is 0 Å². The molecule has 0 aromatic heterocycles. The van der Waals surface area contributed by atoms with Gasteiger partial charge >= 0.3 is 0 Å². The zero-order chi connectivity index (χ0) is 7.56. The third-order valence-corrected chi connectivity index (χ3v) is 1.89. The molecule has 0 bridgehead atoms. The maximum atomic E-state index is 10.6. The first-order valence-electron chi connectivity index (χ1n) is 3.55. The topological polar surface area (TPSA) is 29.1 Å². The Morgan fingerprint density at radius 2 is 2.60 bits per heavy atom. The molecular formula is C8H11NO. The summed E-state index contributed by atoms with van der Waals surface area (Å²) < 4.78 is 0. The summed E-state index contributed by atoms with van der Waals surface area (Å²) in [5.41, 5.74) is 0. The molecule has 0 radical (unpaired) electrons. The van der Waals surface area contributed by atoms with Crippen molar-refractivity contribution in [2.45, 2.75) is 25.8 Å². The smallest absolute Gasteiger partial charge is 0.295 e. The van der Waals surface area contributed by atoms with Crippen LogP contribution < -0.4 is 5.32 Å². The molecule has 2 nitrogen and oxygen atoms in total. The lowest BCUT2D eigenvalue weighted by atomic mass is 10.3. The fourth-order valence-corrected chi connectivity index (χ4v) is 1.09. The van der Waals surface area contributed by atoms with Crippen molar-refractivity contribution in [2.24, 2.45) is 5.92 Å². The summed E-state index contributed by atoms with van der Waals surface area (Å²) in [7, 11) is 0. The molecule has 1 aliphatic rings. The van der Waals surface area contributed by atoms with E-state index in [1.165, 1.54) is 0 Å². The van der Waals surface area contributed by atoms with Gasteiger partial charge in [0.15, 0.2) is 0 Å². The maximum absolute atomic E-state index is 10.6. The van der Waals surface area contributed by atoms with Crippen LogP contribution in [0.4, 0.5) is 0 Å². The van der Waals surface area contributed by atoms with Crippen LogP contribution in [0, 0.1) is 18.3 Å². The summed E-state index contributed by atoms with van der Waals surface area (Å²) in [6.45, 7) is 2.12. The van der Waals surface area contributed by atoms with Gasteiger partial charge in [0.25, 0.3) is 5.91 Å². The van der Waals surface area contributed by atoms with E-state index in [0.717, 1.165) is 12.8 Å². The van der Waals surface area contributed by atoms with Crippen molar-refractivity contribution in [1.82, 2.24) is 5.32 Å². The molecule has 2 heteroatoms. The first-order valence-corrected chi connectivity index (χ1v) is 3.55. The normalized spacial score (nSPS) is 28.8. The monoisotopic (exact) mass is 137 g/mol. The highest BCUT2D eigenvalue weighted by Gasteiger charge is 2.35. The first-order chi connectivity index (χ1) is 4.77. The molecule has 1 rings (SSSR count). The molecule has 1 fully saturated rings. The van der Waals surface area contributed by atoms with Crippen molar-refractivity contribution in [3.63, 3.8) is 0 Å². The van der Waals surface area contributed by atoms with E-state index in [4.69, 9.17) is 6.42 Å². The number of rotatable bonds is 2. The molecule has 0 aromatic carbocycles. The molecule has 54 valence electrons. The summed E-state index contributed by atoms with van der Waals surface area (Å²) in [6, 6.07) is 0.369. The van der Waals surface area contributed by atoms with Crippen LogP contribution in [0.25, 0.3) is 0 Å². The van der Waals surface area contributed by atoms with E-state index < -0.39 is 0 Å². The Kier molecular flexibility index (Phi) is 1.96. The van der Waals surface area contributed by atoms with Crippen molar-refractivity contribution in [3.8, 4) is 12.3 Å². The van der Waals surface area contributed by atoms with E-state index in [0.29, 0.717) is 12.0 Å². The number of amides is 1. The van der Waals surface area contributed by atoms with E-state index >= 15 is 0 Å². The summed E-state index contributed by atoms with van der Waals surface area (Å²) in [5.74, 6) is 2.43. The minimum absolute atomic E-state index is 0.277. The van der Waals surface area contributed by atoms with Crippen LogP contribution in [0.15, 0.2) is 0 Å². The quantitative estimate of drug-likeness (QED) is 0.553. The average molecular weight is 137 g/mol. The number of hydrogen-bond acceptors (Lipinski definition) is 1. The molecule has 2 atom stereocenters. The van der Waals surface area contributed by atoms with Gasteiger partial charge in [0.1, 0.15) is 0 Å². The van der Waals surface area contributed by atoms with Crippen molar-refractivity contribution in [1.29, 1.82) is 0 Å². The van der Waals surface area contributed by atoms with Crippen LogP contribution in [0.5, 0.6) is 0 Å². The molecular weight excluding hydrogens is 126 g/mol. The van der Waals surface area contributed by atoms with Gasteiger partial charge in [0.05, 0.1) is 0 Å². The predicted molar refractivity (Wildman–Crippen MR) is 39.2 cm³/mol.